The first-order valence-corrected chi connectivity index (χ1v) is 5.85. The normalized spacial score (nSPS) is 10.7. The Morgan fingerprint density at radius 3 is 2.13 bits per heavy atom. The molecule has 15 heavy (non-hydrogen) atoms. The Morgan fingerprint density at radius 1 is 1.20 bits per heavy atom. The van der Waals surface area contributed by atoms with Gasteiger partial charge in [0.05, 0.1) is 6.61 Å². The minimum atomic E-state index is -4.48. The molecule has 88 valence electrons. The Morgan fingerprint density at radius 2 is 1.73 bits per heavy atom. The molecule has 7 heteroatoms. The van der Waals surface area contributed by atoms with E-state index in [0.29, 0.717) is 12.3 Å². The van der Waals surface area contributed by atoms with Crippen molar-refractivity contribution in [3.63, 3.8) is 0 Å². The first-order chi connectivity index (χ1) is 5.92. The largest absolute Gasteiger partial charge is 1.00 e. The molecule has 0 fully saturated rings. The first kappa shape index (κ1) is 21.1. The summed E-state index contributed by atoms with van der Waals surface area (Å²) in [6, 6.07) is 0. The Labute approximate surface area is 114 Å². The third-order valence-corrected chi connectivity index (χ3v) is 2.11. The van der Waals surface area contributed by atoms with Crippen molar-refractivity contribution >= 4 is 10.4 Å². The van der Waals surface area contributed by atoms with Gasteiger partial charge in [0.15, 0.2) is 0 Å². The Balaban J connectivity index is -0.000000720. The summed E-state index contributed by atoms with van der Waals surface area (Å²) in [5.74, 6) is 0.671. The van der Waals surface area contributed by atoms with E-state index in [1.54, 1.807) is 0 Å². The summed E-state index contributed by atoms with van der Waals surface area (Å²) in [5.41, 5.74) is 0. The molecule has 0 radical (unpaired) electrons. The van der Waals surface area contributed by atoms with Gasteiger partial charge >= 0.3 is 29.6 Å². The van der Waals surface area contributed by atoms with Crippen molar-refractivity contribution in [1.82, 2.24) is 0 Å². The average Bonchev–Trinajstić information content (AvgIpc) is 1.93. The fraction of sp³-hybridized carbons (Fsp3) is 1.00. The van der Waals surface area contributed by atoms with Crippen molar-refractivity contribution in [2.24, 2.45) is 5.92 Å². The maximum absolute atomic E-state index is 9.99. The molecule has 0 aliphatic rings. The van der Waals surface area contributed by atoms with Crippen LogP contribution in [0.15, 0.2) is 0 Å². The van der Waals surface area contributed by atoms with Gasteiger partial charge in [0.25, 0.3) is 0 Å². The Hall–Kier alpha value is 0.830. The zero-order valence-corrected chi connectivity index (χ0v) is 12.5. The summed E-state index contributed by atoms with van der Waals surface area (Å²) in [6.07, 6.45) is 3.73. The van der Waals surface area contributed by atoms with E-state index in [2.05, 4.69) is 18.0 Å². The van der Waals surface area contributed by atoms with Crippen LogP contribution in [0, 0.1) is 5.92 Å². The fourth-order valence-electron chi connectivity index (χ4n) is 0.992. The zero-order chi connectivity index (χ0) is 10.3. The molecule has 5 nitrogen and oxygen atoms in total. The van der Waals surface area contributed by atoms with Crippen molar-refractivity contribution in [1.29, 1.82) is 0 Å². The summed E-state index contributed by atoms with van der Waals surface area (Å²) in [6.45, 7) is 4.29. The molecule has 0 aromatic heterocycles. The van der Waals surface area contributed by atoms with Crippen molar-refractivity contribution in [2.45, 2.75) is 39.5 Å². The van der Waals surface area contributed by atoms with Gasteiger partial charge in [-0.25, -0.2) is 8.42 Å². The smallest absolute Gasteiger partial charge is 0.726 e. The Bertz CT molecular complexity index is 215. The molecule has 0 saturated heterocycles. The van der Waals surface area contributed by atoms with Crippen LogP contribution in [0.1, 0.15) is 39.5 Å². The molecule has 0 saturated carbocycles. The Kier molecular flexibility index (Phi) is 16.0. The van der Waals surface area contributed by atoms with Gasteiger partial charge in [-0.3, -0.25) is 4.18 Å². The van der Waals surface area contributed by atoms with Gasteiger partial charge in [-0.15, -0.1) is 0 Å². The molecule has 0 aliphatic carbocycles. The van der Waals surface area contributed by atoms with Gasteiger partial charge in [-0.1, -0.05) is 33.1 Å². The second-order valence-electron chi connectivity index (χ2n) is 3.47. The number of unbranched alkanes of at least 4 members (excludes halogenated alkanes) is 2. The van der Waals surface area contributed by atoms with E-state index < -0.39 is 10.4 Å². The van der Waals surface area contributed by atoms with E-state index >= 15 is 0 Å². The maximum atomic E-state index is 9.99. The molecule has 0 bridgehead atoms. The summed E-state index contributed by atoms with van der Waals surface area (Å²) in [5, 5.41) is 0. The van der Waals surface area contributed by atoms with Crippen LogP contribution in [0.2, 0.25) is 0 Å². The number of rotatable bonds is 7. The summed E-state index contributed by atoms with van der Waals surface area (Å²) in [7, 11) is -4.48. The molecule has 2 N–H and O–H groups in total. The molecule has 0 aromatic rings. The van der Waals surface area contributed by atoms with E-state index in [4.69, 9.17) is 0 Å². The molecule has 0 rings (SSSR count). The maximum Gasteiger partial charge on any atom is 1.00 e. The molecular formula is C8H19NaO5S. The minimum absolute atomic E-state index is 0. The van der Waals surface area contributed by atoms with Crippen LogP contribution in [-0.4, -0.2) is 25.1 Å². The SMILES string of the molecule is CC(C)CCCCCOS(=O)(=O)[O-].O.[Na+]. The second-order valence-corrected chi connectivity index (χ2v) is 4.53. The third-order valence-electron chi connectivity index (χ3n) is 1.65. The van der Waals surface area contributed by atoms with Crippen LogP contribution in [0.25, 0.3) is 0 Å². The quantitative estimate of drug-likeness (QED) is 0.223. The van der Waals surface area contributed by atoms with Crippen molar-refractivity contribution in [2.75, 3.05) is 6.61 Å². The number of hydrogen-bond acceptors (Lipinski definition) is 4. The fourth-order valence-corrected chi connectivity index (χ4v) is 1.31. The third kappa shape index (κ3) is 20.8. The molecule has 0 amide bonds. The predicted molar refractivity (Wildman–Crippen MR) is 52.6 cm³/mol. The van der Waals surface area contributed by atoms with Crippen LogP contribution in [0.5, 0.6) is 0 Å². The van der Waals surface area contributed by atoms with Crippen molar-refractivity contribution in [3.05, 3.63) is 0 Å². The molecule has 0 aliphatic heterocycles. The van der Waals surface area contributed by atoms with Crippen LogP contribution in [0.3, 0.4) is 0 Å². The summed E-state index contributed by atoms with van der Waals surface area (Å²) in [4.78, 5) is 0. The van der Waals surface area contributed by atoms with Crippen LogP contribution in [0.4, 0.5) is 0 Å². The van der Waals surface area contributed by atoms with Crippen molar-refractivity contribution < 1.29 is 52.2 Å². The zero-order valence-electron chi connectivity index (χ0n) is 9.65. The van der Waals surface area contributed by atoms with E-state index in [1.165, 1.54) is 0 Å². The second kappa shape index (κ2) is 11.3. The van der Waals surface area contributed by atoms with Gasteiger partial charge < -0.3 is 10.0 Å². The van der Waals surface area contributed by atoms with E-state index in [-0.39, 0.29) is 41.6 Å². The van der Waals surface area contributed by atoms with Crippen molar-refractivity contribution in [3.8, 4) is 0 Å². The van der Waals surface area contributed by atoms with E-state index in [1.807, 2.05) is 0 Å². The van der Waals surface area contributed by atoms with Crippen LogP contribution in [-0.2, 0) is 14.6 Å². The van der Waals surface area contributed by atoms with Gasteiger partial charge in [-0.2, -0.15) is 0 Å². The molecule has 0 spiro atoms. The van der Waals surface area contributed by atoms with Gasteiger partial charge in [0.2, 0.25) is 10.4 Å². The molecule has 0 heterocycles. The van der Waals surface area contributed by atoms with Gasteiger partial charge in [0.1, 0.15) is 0 Å². The van der Waals surface area contributed by atoms with E-state index in [9.17, 15) is 13.0 Å². The predicted octanol–water partition coefficient (Wildman–Crippen LogP) is -2.14. The van der Waals surface area contributed by atoms with Gasteiger partial charge in [0, 0.05) is 0 Å². The summed E-state index contributed by atoms with van der Waals surface area (Å²) < 4.78 is 34.0. The molecular weight excluding hydrogens is 231 g/mol. The van der Waals surface area contributed by atoms with E-state index in [0.717, 1.165) is 19.3 Å². The summed E-state index contributed by atoms with van der Waals surface area (Å²) >= 11 is 0. The van der Waals surface area contributed by atoms with Crippen LogP contribution < -0.4 is 29.6 Å². The molecule has 0 aromatic carbocycles. The monoisotopic (exact) mass is 250 g/mol. The topological polar surface area (TPSA) is 97.9 Å². The van der Waals surface area contributed by atoms with Gasteiger partial charge in [-0.05, 0) is 12.3 Å². The number of hydrogen-bond donors (Lipinski definition) is 0. The first-order valence-electron chi connectivity index (χ1n) is 4.52. The molecule has 0 atom stereocenters. The standard InChI is InChI=1S/C8H18O4S.Na.H2O/c1-8(2)6-4-3-5-7-12-13(9,10)11;;/h8H,3-7H2,1-2H3,(H,9,10,11);;1H2/q;+1;/p-1. The average molecular weight is 250 g/mol. The molecule has 0 unspecified atom stereocenters. The minimum Gasteiger partial charge on any atom is -0.726 e. The van der Waals surface area contributed by atoms with Crippen LogP contribution >= 0.6 is 0 Å².